The molecular formula is C23H27F2N5O2. The fourth-order valence-corrected chi connectivity index (χ4v) is 3.69. The average molecular weight is 443 g/mol. The van der Waals surface area contributed by atoms with Crippen LogP contribution in [0, 0.1) is 11.6 Å². The Kier molecular flexibility index (Phi) is 7.06. The molecule has 170 valence electrons. The van der Waals surface area contributed by atoms with Crippen LogP contribution in [-0.2, 0) is 31.2 Å². The van der Waals surface area contributed by atoms with Gasteiger partial charge in [0, 0.05) is 69.2 Å². The van der Waals surface area contributed by atoms with Gasteiger partial charge in [-0.1, -0.05) is 6.92 Å². The second kappa shape index (κ2) is 10.1. The first-order valence-electron chi connectivity index (χ1n) is 10.8. The fraction of sp³-hybridized carbons (Fsp3) is 0.435. The molecule has 0 amide bonds. The van der Waals surface area contributed by atoms with Gasteiger partial charge in [-0.3, -0.25) is 9.58 Å². The number of aromatic nitrogens is 4. The van der Waals surface area contributed by atoms with Gasteiger partial charge in [-0.05, 0) is 18.2 Å². The van der Waals surface area contributed by atoms with E-state index in [0.29, 0.717) is 25.4 Å². The van der Waals surface area contributed by atoms with E-state index < -0.39 is 11.6 Å². The number of ether oxygens (including phenoxy) is 2. The minimum absolute atomic E-state index is 0.119. The smallest absolute Gasteiger partial charge is 0.162 e. The summed E-state index contributed by atoms with van der Waals surface area (Å²) < 4.78 is 39.7. The van der Waals surface area contributed by atoms with Gasteiger partial charge in [0.25, 0.3) is 0 Å². The molecule has 1 saturated heterocycles. The molecule has 3 heterocycles. The van der Waals surface area contributed by atoms with Crippen molar-refractivity contribution in [2.75, 3.05) is 26.3 Å². The number of morpholine rings is 1. The van der Waals surface area contributed by atoms with E-state index in [-0.39, 0.29) is 6.10 Å². The molecule has 7 nitrogen and oxygen atoms in total. The van der Waals surface area contributed by atoms with E-state index in [2.05, 4.69) is 20.0 Å². The quantitative estimate of drug-likeness (QED) is 0.533. The molecule has 0 spiro atoms. The summed E-state index contributed by atoms with van der Waals surface area (Å²) >= 11 is 0. The SMILES string of the molecule is CCc1ncc(CN2CCOC(c3cc(CCOc4ccc(F)c(F)c4)n(C)n3)C2)cn1. The van der Waals surface area contributed by atoms with Crippen LogP contribution in [0.2, 0.25) is 0 Å². The van der Waals surface area contributed by atoms with Gasteiger partial charge in [-0.25, -0.2) is 18.7 Å². The highest BCUT2D eigenvalue weighted by atomic mass is 19.2. The fourth-order valence-electron chi connectivity index (χ4n) is 3.69. The molecule has 0 bridgehead atoms. The van der Waals surface area contributed by atoms with Gasteiger partial charge in [0.1, 0.15) is 17.7 Å². The lowest BCUT2D eigenvalue weighted by Gasteiger charge is -2.32. The van der Waals surface area contributed by atoms with Crippen LogP contribution in [0.5, 0.6) is 5.75 Å². The number of halogens is 2. The van der Waals surface area contributed by atoms with E-state index in [0.717, 1.165) is 61.0 Å². The number of hydrogen-bond donors (Lipinski definition) is 0. The Hall–Kier alpha value is -2.91. The molecule has 1 aromatic carbocycles. The van der Waals surface area contributed by atoms with Crippen LogP contribution < -0.4 is 4.74 Å². The van der Waals surface area contributed by atoms with Gasteiger partial charge in [-0.2, -0.15) is 5.10 Å². The Bertz CT molecular complexity index is 1040. The largest absolute Gasteiger partial charge is 0.493 e. The first-order chi connectivity index (χ1) is 15.5. The monoisotopic (exact) mass is 443 g/mol. The van der Waals surface area contributed by atoms with Crippen molar-refractivity contribution in [2.45, 2.75) is 32.4 Å². The van der Waals surface area contributed by atoms with E-state index in [1.165, 1.54) is 6.07 Å². The van der Waals surface area contributed by atoms with Gasteiger partial charge in [0.15, 0.2) is 11.6 Å². The zero-order chi connectivity index (χ0) is 22.5. The zero-order valence-corrected chi connectivity index (χ0v) is 18.3. The summed E-state index contributed by atoms with van der Waals surface area (Å²) in [5.74, 6) is -0.658. The number of hydrogen-bond acceptors (Lipinski definition) is 6. The Balaban J connectivity index is 1.33. The minimum Gasteiger partial charge on any atom is -0.493 e. The van der Waals surface area contributed by atoms with Crippen LogP contribution in [0.25, 0.3) is 0 Å². The predicted octanol–water partition coefficient (Wildman–Crippen LogP) is 3.25. The molecule has 2 aromatic heterocycles. The Morgan fingerprint density at radius 2 is 1.97 bits per heavy atom. The standard InChI is InChI=1S/C23H27F2N5O2/c1-3-23-26-12-16(13-27-23)14-30-7-9-32-22(15-30)21-10-17(29(2)28-21)6-8-31-18-4-5-19(24)20(25)11-18/h4-5,10-13,22H,3,6-9,14-15H2,1-2H3. The molecule has 0 aliphatic carbocycles. The maximum absolute atomic E-state index is 13.3. The normalized spacial score (nSPS) is 16.9. The molecule has 0 saturated carbocycles. The van der Waals surface area contributed by atoms with E-state index in [1.54, 1.807) is 0 Å². The van der Waals surface area contributed by atoms with Crippen molar-refractivity contribution >= 4 is 0 Å². The third kappa shape index (κ3) is 5.46. The van der Waals surface area contributed by atoms with Crippen LogP contribution in [0.4, 0.5) is 8.78 Å². The third-order valence-corrected chi connectivity index (χ3v) is 5.48. The number of aryl methyl sites for hydroxylation is 2. The molecular weight excluding hydrogens is 416 g/mol. The molecule has 0 radical (unpaired) electrons. The Morgan fingerprint density at radius 1 is 1.16 bits per heavy atom. The number of rotatable bonds is 8. The van der Waals surface area contributed by atoms with E-state index in [1.807, 2.05) is 37.1 Å². The Morgan fingerprint density at radius 3 is 2.72 bits per heavy atom. The van der Waals surface area contributed by atoms with Gasteiger partial charge in [0.2, 0.25) is 0 Å². The molecule has 1 fully saturated rings. The molecule has 32 heavy (non-hydrogen) atoms. The first kappa shape index (κ1) is 22.3. The van der Waals surface area contributed by atoms with Gasteiger partial charge in [0.05, 0.1) is 18.9 Å². The second-order valence-corrected chi connectivity index (χ2v) is 7.81. The number of benzene rings is 1. The highest BCUT2D eigenvalue weighted by Gasteiger charge is 2.25. The van der Waals surface area contributed by atoms with Crippen molar-refractivity contribution in [3.8, 4) is 5.75 Å². The zero-order valence-electron chi connectivity index (χ0n) is 18.3. The van der Waals surface area contributed by atoms with Crippen molar-refractivity contribution < 1.29 is 18.3 Å². The lowest BCUT2D eigenvalue weighted by molar-refractivity contribution is -0.0352. The lowest BCUT2D eigenvalue weighted by Crippen LogP contribution is -2.38. The molecule has 1 atom stereocenters. The van der Waals surface area contributed by atoms with Crippen LogP contribution in [0.15, 0.2) is 36.7 Å². The molecule has 0 N–H and O–H groups in total. The van der Waals surface area contributed by atoms with Crippen molar-refractivity contribution in [3.63, 3.8) is 0 Å². The second-order valence-electron chi connectivity index (χ2n) is 7.81. The lowest BCUT2D eigenvalue weighted by atomic mass is 10.1. The summed E-state index contributed by atoms with van der Waals surface area (Å²) in [4.78, 5) is 11.1. The highest BCUT2D eigenvalue weighted by molar-refractivity contribution is 5.23. The van der Waals surface area contributed by atoms with Crippen LogP contribution in [-0.4, -0.2) is 51.0 Å². The Labute approximate surface area is 186 Å². The van der Waals surface area contributed by atoms with E-state index >= 15 is 0 Å². The van der Waals surface area contributed by atoms with Crippen LogP contribution >= 0.6 is 0 Å². The van der Waals surface area contributed by atoms with Crippen LogP contribution in [0.3, 0.4) is 0 Å². The summed E-state index contributed by atoms with van der Waals surface area (Å²) in [6, 6.07) is 5.54. The molecule has 4 rings (SSSR count). The molecule has 3 aromatic rings. The van der Waals surface area contributed by atoms with Crippen molar-refractivity contribution in [1.82, 2.24) is 24.6 Å². The van der Waals surface area contributed by atoms with Gasteiger partial charge < -0.3 is 9.47 Å². The molecule has 1 unspecified atom stereocenters. The van der Waals surface area contributed by atoms with E-state index in [9.17, 15) is 8.78 Å². The van der Waals surface area contributed by atoms with Crippen molar-refractivity contribution in [3.05, 3.63) is 71.1 Å². The van der Waals surface area contributed by atoms with E-state index in [4.69, 9.17) is 9.47 Å². The minimum atomic E-state index is -0.919. The highest BCUT2D eigenvalue weighted by Crippen LogP contribution is 2.23. The topological polar surface area (TPSA) is 65.3 Å². The maximum Gasteiger partial charge on any atom is 0.162 e. The first-order valence-corrected chi connectivity index (χ1v) is 10.8. The average Bonchev–Trinajstić information content (AvgIpc) is 3.17. The summed E-state index contributed by atoms with van der Waals surface area (Å²) in [7, 11) is 1.88. The third-order valence-electron chi connectivity index (χ3n) is 5.48. The number of nitrogens with zero attached hydrogens (tertiary/aromatic N) is 5. The summed E-state index contributed by atoms with van der Waals surface area (Å²) in [6.07, 6.45) is 5.07. The van der Waals surface area contributed by atoms with Crippen molar-refractivity contribution in [1.29, 1.82) is 0 Å². The van der Waals surface area contributed by atoms with Gasteiger partial charge in [-0.15, -0.1) is 0 Å². The van der Waals surface area contributed by atoms with Gasteiger partial charge >= 0.3 is 0 Å². The molecule has 1 aliphatic heterocycles. The summed E-state index contributed by atoms with van der Waals surface area (Å²) in [6.45, 7) is 5.34. The maximum atomic E-state index is 13.3. The van der Waals surface area contributed by atoms with Crippen LogP contribution in [0.1, 0.15) is 35.8 Å². The van der Waals surface area contributed by atoms with Crippen molar-refractivity contribution in [2.24, 2.45) is 7.05 Å². The summed E-state index contributed by atoms with van der Waals surface area (Å²) in [5, 5.41) is 4.62. The molecule has 9 heteroatoms. The molecule has 1 aliphatic rings. The summed E-state index contributed by atoms with van der Waals surface area (Å²) in [5.41, 5.74) is 2.93. The predicted molar refractivity (Wildman–Crippen MR) is 114 cm³/mol.